The number of rotatable bonds is 12. The Bertz CT molecular complexity index is 1600. The number of aryl methyl sites for hydroxylation is 1. The molecule has 2 aromatic carbocycles. The molecular weight excluding hydrogens is 620 g/mol. The van der Waals surface area contributed by atoms with Gasteiger partial charge in [0.15, 0.2) is 0 Å². The number of benzene rings is 2. The Balaban J connectivity index is 1.69. The maximum absolute atomic E-state index is 14.5. The van der Waals surface area contributed by atoms with Crippen molar-refractivity contribution in [3.8, 4) is 0 Å². The van der Waals surface area contributed by atoms with Crippen LogP contribution < -0.4 is 21.7 Å². The number of thiocarbonyl (C=S) groups is 1. The Hall–Kier alpha value is -3.57. The Morgan fingerprint density at radius 2 is 1.67 bits per heavy atom. The Labute approximate surface area is 272 Å². The lowest BCUT2D eigenvalue weighted by atomic mass is 9.78. The fourth-order valence-electron chi connectivity index (χ4n) is 5.87. The summed E-state index contributed by atoms with van der Waals surface area (Å²) in [6.07, 6.45) is 1.83. The largest absolute Gasteiger partial charge is 0.392 e. The molecule has 6 N–H and O–H groups in total. The van der Waals surface area contributed by atoms with Crippen molar-refractivity contribution in [2.45, 2.75) is 83.8 Å². The molecule has 12 heteroatoms. The van der Waals surface area contributed by atoms with Gasteiger partial charge in [0.2, 0.25) is 17.7 Å². The number of carbonyl (C=O) groups is 3. The van der Waals surface area contributed by atoms with Crippen molar-refractivity contribution in [1.82, 2.24) is 20.9 Å². The number of hydrogen-bond donors (Lipinski definition) is 5. The molecule has 0 spiro atoms. The maximum Gasteiger partial charge on any atom is 0.246 e. The third-order valence-electron chi connectivity index (χ3n) is 8.99. The zero-order valence-electron chi connectivity index (χ0n) is 25.9. The molecule has 3 amide bonds. The predicted molar refractivity (Wildman–Crippen MR) is 176 cm³/mol. The third-order valence-corrected chi connectivity index (χ3v) is 9.55. The maximum atomic E-state index is 14.5. The molecule has 4 rings (SSSR count). The van der Waals surface area contributed by atoms with Crippen LogP contribution in [0, 0.1) is 23.5 Å². The third kappa shape index (κ3) is 7.64. The number of carbonyl (C=O) groups excluding carboxylic acids is 3. The minimum Gasteiger partial charge on any atom is -0.392 e. The van der Waals surface area contributed by atoms with Crippen LogP contribution in [-0.2, 0) is 33.6 Å². The molecule has 45 heavy (non-hydrogen) atoms. The number of halogens is 3. The average molecular weight is 660 g/mol. The number of nitrogens with one attached hydrogen (secondary N) is 4. The standard InChI is InChI=1S/C33H40ClF2N5O3S/c1-5-17(3)27(30(37)45)40-32(44)33(12-11-25-23(16-33)22-14-21(36)15-24(34)29(22)38-25)41-31(43)28(18(4)6-2)39-26(42)13-19-7-9-20(35)10-8-19/h7-10,14-15,17-18,27-28,38H,5-6,11-13,16H2,1-4H3,(H2,37,45)(H,39,42)(H,40,44)(H,41,43)/t17-,18?,27?,28-,33+/m0/s1. The van der Waals surface area contributed by atoms with Gasteiger partial charge in [-0.25, -0.2) is 8.78 Å². The van der Waals surface area contributed by atoms with Crippen LogP contribution in [0.5, 0.6) is 0 Å². The summed E-state index contributed by atoms with van der Waals surface area (Å²) in [6, 6.07) is 6.55. The van der Waals surface area contributed by atoms with Crippen LogP contribution in [0.1, 0.15) is 63.8 Å². The van der Waals surface area contributed by atoms with E-state index in [4.69, 9.17) is 29.6 Å². The van der Waals surface area contributed by atoms with Crippen molar-refractivity contribution >= 4 is 57.4 Å². The molecule has 0 fully saturated rings. The summed E-state index contributed by atoms with van der Waals surface area (Å²) in [4.78, 5) is 44.8. The first-order valence-electron chi connectivity index (χ1n) is 15.2. The average Bonchev–Trinajstić information content (AvgIpc) is 3.36. The first-order chi connectivity index (χ1) is 21.3. The van der Waals surface area contributed by atoms with Crippen LogP contribution in [0.15, 0.2) is 36.4 Å². The van der Waals surface area contributed by atoms with Gasteiger partial charge in [0, 0.05) is 17.5 Å². The van der Waals surface area contributed by atoms with Crippen molar-refractivity contribution in [1.29, 1.82) is 0 Å². The molecule has 0 saturated carbocycles. The van der Waals surface area contributed by atoms with Crippen LogP contribution in [0.3, 0.4) is 0 Å². The molecule has 5 atom stereocenters. The van der Waals surface area contributed by atoms with Gasteiger partial charge in [-0.3, -0.25) is 14.4 Å². The van der Waals surface area contributed by atoms with E-state index in [1.165, 1.54) is 36.4 Å². The summed E-state index contributed by atoms with van der Waals surface area (Å²) >= 11 is 11.6. The SMILES string of the molecule is CCC(C)[C@H](NC(=O)Cc1ccc(F)cc1)C(=O)N[C@]1(C(=O)NC(C(N)=S)[C@@H](C)CC)CCc2[nH]c3c(Cl)cc(F)cc3c2C1. The van der Waals surface area contributed by atoms with Crippen LogP contribution >= 0.6 is 23.8 Å². The van der Waals surface area contributed by atoms with E-state index in [1.807, 2.05) is 27.7 Å². The van der Waals surface area contributed by atoms with Crippen LogP contribution in [0.4, 0.5) is 8.78 Å². The molecule has 0 saturated heterocycles. The fourth-order valence-corrected chi connectivity index (χ4v) is 6.41. The van der Waals surface area contributed by atoms with E-state index < -0.39 is 47.0 Å². The lowest BCUT2D eigenvalue weighted by molar-refractivity contribution is -0.137. The highest BCUT2D eigenvalue weighted by atomic mass is 35.5. The van der Waals surface area contributed by atoms with Crippen molar-refractivity contribution < 1.29 is 23.2 Å². The number of amides is 3. The minimum absolute atomic E-state index is 0.0427. The number of fused-ring (bicyclic) bond motifs is 3. The molecule has 1 heterocycles. The van der Waals surface area contributed by atoms with Crippen molar-refractivity contribution in [3.63, 3.8) is 0 Å². The highest BCUT2D eigenvalue weighted by molar-refractivity contribution is 7.80. The van der Waals surface area contributed by atoms with E-state index in [0.717, 1.165) is 5.69 Å². The van der Waals surface area contributed by atoms with E-state index in [2.05, 4.69) is 20.9 Å². The lowest BCUT2D eigenvalue weighted by Gasteiger charge is -2.40. The zero-order valence-corrected chi connectivity index (χ0v) is 27.4. The van der Waals surface area contributed by atoms with Gasteiger partial charge in [-0.2, -0.15) is 0 Å². The van der Waals surface area contributed by atoms with E-state index in [0.29, 0.717) is 41.3 Å². The van der Waals surface area contributed by atoms with Gasteiger partial charge < -0.3 is 26.7 Å². The molecule has 8 nitrogen and oxygen atoms in total. The van der Waals surface area contributed by atoms with Crippen molar-refractivity contribution in [3.05, 3.63) is 69.9 Å². The molecule has 0 aliphatic heterocycles. The van der Waals surface area contributed by atoms with Crippen LogP contribution in [0.25, 0.3) is 10.9 Å². The Kier molecular flexibility index (Phi) is 10.9. The molecule has 2 unspecified atom stereocenters. The topological polar surface area (TPSA) is 129 Å². The summed E-state index contributed by atoms with van der Waals surface area (Å²) in [5, 5.41) is 9.57. The smallest absolute Gasteiger partial charge is 0.246 e. The van der Waals surface area contributed by atoms with Gasteiger partial charge >= 0.3 is 0 Å². The molecule has 0 radical (unpaired) electrons. The molecule has 242 valence electrons. The van der Waals surface area contributed by atoms with Gasteiger partial charge in [-0.15, -0.1) is 0 Å². The minimum atomic E-state index is -1.47. The molecule has 1 aromatic heterocycles. The van der Waals surface area contributed by atoms with E-state index in [1.54, 1.807) is 0 Å². The zero-order chi connectivity index (χ0) is 33.1. The monoisotopic (exact) mass is 659 g/mol. The van der Waals surface area contributed by atoms with Crippen molar-refractivity contribution in [2.75, 3.05) is 0 Å². The molecule has 1 aliphatic rings. The summed E-state index contributed by atoms with van der Waals surface area (Å²) in [7, 11) is 0. The summed E-state index contributed by atoms with van der Waals surface area (Å²) in [5.74, 6) is -2.72. The van der Waals surface area contributed by atoms with Gasteiger partial charge in [-0.05, 0) is 60.1 Å². The summed E-state index contributed by atoms with van der Waals surface area (Å²) in [5.41, 5.74) is 7.18. The van der Waals surface area contributed by atoms with Gasteiger partial charge in [0.1, 0.15) is 23.2 Å². The summed E-state index contributed by atoms with van der Waals surface area (Å²) in [6.45, 7) is 7.62. The van der Waals surface area contributed by atoms with Gasteiger partial charge in [-0.1, -0.05) is 76.5 Å². The van der Waals surface area contributed by atoms with E-state index in [9.17, 15) is 23.2 Å². The second-order valence-corrected chi connectivity index (χ2v) is 13.0. The first-order valence-corrected chi connectivity index (χ1v) is 16.0. The lowest BCUT2D eigenvalue weighted by Crippen LogP contribution is -2.67. The number of H-pyrrole nitrogens is 1. The number of aromatic nitrogens is 1. The van der Waals surface area contributed by atoms with E-state index >= 15 is 0 Å². The summed E-state index contributed by atoms with van der Waals surface area (Å²) < 4.78 is 27.9. The molecule has 3 aromatic rings. The van der Waals surface area contributed by atoms with Crippen molar-refractivity contribution in [2.24, 2.45) is 17.6 Å². The highest BCUT2D eigenvalue weighted by Crippen LogP contribution is 2.37. The Morgan fingerprint density at radius 1 is 1.02 bits per heavy atom. The number of aromatic amines is 1. The molecular formula is C33H40ClF2N5O3S. The van der Waals surface area contributed by atoms with Crippen LogP contribution in [-0.4, -0.2) is 45.3 Å². The van der Waals surface area contributed by atoms with E-state index in [-0.39, 0.29) is 41.1 Å². The Morgan fingerprint density at radius 3 is 2.29 bits per heavy atom. The number of nitrogens with two attached hydrogens (primary N) is 1. The molecule has 1 aliphatic carbocycles. The van der Waals surface area contributed by atoms with Gasteiger partial charge in [0.05, 0.1) is 28.0 Å². The predicted octanol–water partition coefficient (Wildman–Crippen LogP) is 5.03. The first kappa shape index (κ1) is 34.3. The highest BCUT2D eigenvalue weighted by Gasteiger charge is 2.46. The van der Waals surface area contributed by atoms with Gasteiger partial charge in [0.25, 0.3) is 0 Å². The second kappa shape index (κ2) is 14.2. The number of hydrogen-bond acceptors (Lipinski definition) is 4. The second-order valence-electron chi connectivity index (χ2n) is 12.1. The quantitative estimate of drug-likeness (QED) is 0.174. The van der Waals surface area contributed by atoms with Crippen LogP contribution in [0.2, 0.25) is 5.02 Å². The fraction of sp³-hybridized carbons (Fsp3) is 0.455. The normalized spacial score (nSPS) is 18.7. The molecule has 0 bridgehead atoms.